The largest absolute Gasteiger partial charge is 0.384 e. The molecular weight excluding hydrogens is 386 g/mol. The second kappa shape index (κ2) is 7.40. The van der Waals surface area contributed by atoms with Gasteiger partial charge in [0.1, 0.15) is 11.4 Å². The molecule has 1 aliphatic heterocycles. The predicted octanol–water partition coefficient (Wildman–Crippen LogP) is 4.62. The van der Waals surface area contributed by atoms with E-state index in [4.69, 9.17) is 15.3 Å². The number of hydroxylamine groups is 2. The van der Waals surface area contributed by atoms with Gasteiger partial charge in [-0.2, -0.15) is 5.26 Å². The number of nitriles is 1. The fourth-order valence-corrected chi connectivity index (χ4v) is 5.87. The summed E-state index contributed by atoms with van der Waals surface area (Å²) in [5.41, 5.74) is 11.1. The molecule has 2 aromatic rings. The fraction of sp³-hybridized carbons (Fsp3) is 0.423. The molecule has 2 aliphatic carbocycles. The van der Waals surface area contributed by atoms with Crippen molar-refractivity contribution in [1.82, 2.24) is 5.06 Å². The quantitative estimate of drug-likeness (QED) is 0.792. The second-order valence-corrected chi connectivity index (χ2v) is 9.07. The maximum atomic E-state index is 9.31. The van der Waals surface area contributed by atoms with Gasteiger partial charge < -0.3 is 10.5 Å². The first kappa shape index (κ1) is 20.1. The third kappa shape index (κ3) is 3.05. The van der Waals surface area contributed by atoms with E-state index in [0.29, 0.717) is 17.5 Å². The van der Waals surface area contributed by atoms with Crippen molar-refractivity contribution < 1.29 is 9.57 Å². The molecule has 0 bridgehead atoms. The van der Waals surface area contributed by atoms with Crippen LogP contribution >= 0.6 is 0 Å². The van der Waals surface area contributed by atoms with Gasteiger partial charge in [0.05, 0.1) is 17.7 Å². The second-order valence-electron chi connectivity index (χ2n) is 9.07. The highest BCUT2D eigenvalue weighted by Gasteiger charge is 2.61. The van der Waals surface area contributed by atoms with Crippen LogP contribution in [0, 0.1) is 16.7 Å². The van der Waals surface area contributed by atoms with Crippen molar-refractivity contribution in [2.24, 2.45) is 11.1 Å². The lowest BCUT2D eigenvalue weighted by Gasteiger charge is -2.46. The van der Waals surface area contributed by atoms with Gasteiger partial charge in [0, 0.05) is 19.1 Å². The minimum atomic E-state index is -0.554. The lowest BCUT2D eigenvalue weighted by molar-refractivity contribution is -0.228. The summed E-state index contributed by atoms with van der Waals surface area (Å²) in [7, 11) is 1.89. The van der Waals surface area contributed by atoms with Gasteiger partial charge in [-0.1, -0.05) is 24.3 Å². The zero-order valence-corrected chi connectivity index (χ0v) is 18.2. The van der Waals surface area contributed by atoms with E-state index in [9.17, 15) is 5.26 Å². The average Bonchev–Trinajstić information content (AvgIpc) is 3.23. The molecule has 0 amide bonds. The minimum Gasteiger partial charge on any atom is -0.384 e. The summed E-state index contributed by atoms with van der Waals surface area (Å²) in [4.78, 5) is 6.60. The first-order chi connectivity index (χ1) is 15.0. The number of benzene rings is 2. The smallest absolute Gasteiger partial charge is 0.149 e. The van der Waals surface area contributed by atoms with Crippen molar-refractivity contribution in [1.29, 1.82) is 5.26 Å². The van der Waals surface area contributed by atoms with Gasteiger partial charge >= 0.3 is 0 Å². The van der Waals surface area contributed by atoms with Gasteiger partial charge in [-0.05, 0) is 85.6 Å². The first-order valence-electron chi connectivity index (χ1n) is 11.2. The maximum absolute atomic E-state index is 9.31. The highest BCUT2D eigenvalue weighted by molar-refractivity contribution is 5.68. The number of hydrogen-bond donors (Lipinski definition) is 1. The molecule has 2 aromatic carbocycles. The van der Waals surface area contributed by atoms with E-state index in [1.54, 1.807) is 5.06 Å². The third-order valence-electron chi connectivity index (χ3n) is 7.44. The monoisotopic (exact) mass is 415 g/mol. The van der Waals surface area contributed by atoms with Gasteiger partial charge in [0.15, 0.2) is 0 Å². The van der Waals surface area contributed by atoms with Crippen LogP contribution in [-0.2, 0) is 21.6 Å². The summed E-state index contributed by atoms with van der Waals surface area (Å²) in [5.74, 6) is 0.663. The van der Waals surface area contributed by atoms with E-state index in [1.165, 1.54) is 11.1 Å². The van der Waals surface area contributed by atoms with Crippen molar-refractivity contribution in [3.63, 3.8) is 0 Å². The Bertz CT molecular complexity index is 1080. The van der Waals surface area contributed by atoms with Crippen LogP contribution in [0.2, 0.25) is 0 Å². The fourth-order valence-electron chi connectivity index (χ4n) is 5.87. The van der Waals surface area contributed by atoms with Crippen LogP contribution in [0.5, 0.6) is 0 Å². The molecule has 1 unspecified atom stereocenters. The number of nitrogens with two attached hydrogens (primary N) is 1. The number of fused-ring (bicyclic) bond motifs is 3. The van der Waals surface area contributed by atoms with Crippen molar-refractivity contribution in [3.8, 4) is 17.2 Å². The van der Waals surface area contributed by atoms with E-state index >= 15 is 0 Å². The Hall–Kier alpha value is -2.81. The van der Waals surface area contributed by atoms with Crippen LogP contribution in [0.3, 0.4) is 0 Å². The summed E-state index contributed by atoms with van der Waals surface area (Å²) in [5, 5.41) is 11.0. The van der Waals surface area contributed by atoms with Gasteiger partial charge in [-0.15, -0.1) is 0 Å². The molecule has 3 aliphatic rings. The molecule has 0 radical (unpaired) electrons. The molecule has 1 atom stereocenters. The Balaban J connectivity index is 1.59. The SMILES string of the molecule is CCOC1CCC2(CC1)Cc1ccc(-c3cccc(C#N)c3)cc1C21C=C(N)N(C)O1. The summed E-state index contributed by atoms with van der Waals surface area (Å²) in [6.45, 7) is 2.83. The molecule has 2 spiro atoms. The third-order valence-corrected chi connectivity index (χ3v) is 7.44. The van der Waals surface area contributed by atoms with Gasteiger partial charge in [0.2, 0.25) is 0 Å². The summed E-state index contributed by atoms with van der Waals surface area (Å²) in [6.07, 6.45) is 7.63. The Morgan fingerprint density at radius 1 is 1.19 bits per heavy atom. The van der Waals surface area contributed by atoms with E-state index in [1.807, 2.05) is 25.2 Å². The summed E-state index contributed by atoms with van der Waals surface area (Å²) >= 11 is 0. The van der Waals surface area contributed by atoms with Gasteiger partial charge in [-0.3, -0.25) is 4.84 Å². The molecule has 1 heterocycles. The highest BCUT2D eigenvalue weighted by Crippen LogP contribution is 2.62. The average molecular weight is 416 g/mol. The number of ether oxygens (including phenoxy) is 1. The molecule has 160 valence electrons. The summed E-state index contributed by atoms with van der Waals surface area (Å²) < 4.78 is 5.94. The molecule has 5 rings (SSSR count). The molecule has 1 saturated carbocycles. The Labute approximate surface area is 184 Å². The highest BCUT2D eigenvalue weighted by atomic mass is 16.7. The Kier molecular flexibility index (Phi) is 4.80. The van der Waals surface area contributed by atoms with Crippen LogP contribution in [0.4, 0.5) is 0 Å². The van der Waals surface area contributed by atoms with Crippen molar-refractivity contribution in [2.45, 2.75) is 50.7 Å². The maximum Gasteiger partial charge on any atom is 0.149 e. The van der Waals surface area contributed by atoms with Crippen molar-refractivity contribution in [3.05, 3.63) is 71.1 Å². The number of hydrogen-bond acceptors (Lipinski definition) is 5. The van der Waals surface area contributed by atoms with Gasteiger partial charge in [0.25, 0.3) is 0 Å². The molecule has 0 saturated heterocycles. The van der Waals surface area contributed by atoms with Crippen LogP contribution in [-0.4, -0.2) is 24.8 Å². The molecular formula is C26H29N3O2. The lowest BCUT2D eigenvalue weighted by atomic mass is 9.63. The Morgan fingerprint density at radius 3 is 2.65 bits per heavy atom. The molecule has 1 fully saturated rings. The minimum absolute atomic E-state index is 0.0224. The Morgan fingerprint density at radius 2 is 1.97 bits per heavy atom. The van der Waals surface area contributed by atoms with Gasteiger partial charge in [-0.25, -0.2) is 5.06 Å². The van der Waals surface area contributed by atoms with E-state index in [-0.39, 0.29) is 5.41 Å². The zero-order valence-electron chi connectivity index (χ0n) is 18.2. The normalized spacial score (nSPS) is 29.3. The molecule has 31 heavy (non-hydrogen) atoms. The van der Waals surface area contributed by atoms with Crippen LogP contribution in [0.1, 0.15) is 49.3 Å². The standard InChI is InChI=1S/C26H29N3O2/c1-3-30-22-9-11-25(12-10-22)15-21-8-7-20(19-6-4-5-18(13-19)17-27)14-23(21)26(25)16-24(28)29(2)31-26/h4-8,13-14,16,22H,3,9-12,15,28H2,1-2H3. The van der Waals surface area contributed by atoms with Crippen molar-refractivity contribution in [2.75, 3.05) is 13.7 Å². The lowest BCUT2D eigenvalue weighted by Crippen LogP contribution is -2.46. The zero-order chi connectivity index (χ0) is 21.6. The van der Waals surface area contributed by atoms with Crippen LogP contribution in [0.15, 0.2) is 54.4 Å². The number of rotatable bonds is 3. The van der Waals surface area contributed by atoms with Crippen molar-refractivity contribution >= 4 is 0 Å². The molecule has 0 aromatic heterocycles. The summed E-state index contributed by atoms with van der Waals surface area (Å²) in [6, 6.07) is 16.7. The molecule has 5 nitrogen and oxygen atoms in total. The van der Waals surface area contributed by atoms with E-state index < -0.39 is 5.60 Å². The van der Waals surface area contributed by atoms with Crippen LogP contribution < -0.4 is 5.73 Å². The van der Waals surface area contributed by atoms with E-state index in [2.05, 4.69) is 43.3 Å². The first-order valence-corrected chi connectivity index (χ1v) is 11.2. The topological polar surface area (TPSA) is 71.5 Å². The predicted molar refractivity (Wildman–Crippen MR) is 119 cm³/mol. The van der Waals surface area contributed by atoms with Crippen LogP contribution in [0.25, 0.3) is 11.1 Å². The van der Waals surface area contributed by atoms with E-state index in [0.717, 1.165) is 49.8 Å². The number of nitrogens with zero attached hydrogens (tertiary/aromatic N) is 2. The molecule has 2 N–H and O–H groups in total. The molecule has 5 heteroatoms.